The number of rotatable bonds is 3. The summed E-state index contributed by atoms with van der Waals surface area (Å²) in [6.45, 7) is 5.34. The highest BCUT2D eigenvalue weighted by Crippen LogP contribution is 2.09. The predicted molar refractivity (Wildman–Crippen MR) is 64.3 cm³/mol. The van der Waals surface area contributed by atoms with Gasteiger partial charge in [0, 0.05) is 18.9 Å². The minimum absolute atomic E-state index is 0.0635. The van der Waals surface area contributed by atoms with E-state index in [2.05, 4.69) is 10.3 Å². The number of hydrogen-bond donors (Lipinski definition) is 2. The van der Waals surface area contributed by atoms with Crippen molar-refractivity contribution in [2.45, 2.75) is 32.9 Å². The second-order valence-electron chi connectivity index (χ2n) is 4.69. The molecule has 1 amide bonds. The quantitative estimate of drug-likeness (QED) is 0.856. The number of alkyl carbamates (subject to hydrolysis) is 1. The smallest absolute Gasteiger partial charge is 0.407 e. The molecular formula is C12H16N2O4. The van der Waals surface area contributed by atoms with Crippen LogP contribution in [-0.2, 0) is 11.3 Å². The Morgan fingerprint density at radius 2 is 2.11 bits per heavy atom. The average Bonchev–Trinajstić information content (AvgIpc) is 2.24. The monoisotopic (exact) mass is 252 g/mol. The molecule has 98 valence electrons. The number of pyridine rings is 1. The van der Waals surface area contributed by atoms with Crippen molar-refractivity contribution in [3.8, 4) is 0 Å². The Morgan fingerprint density at radius 1 is 1.44 bits per heavy atom. The molecule has 0 bridgehead atoms. The Bertz CT molecular complexity index is 452. The molecule has 0 saturated heterocycles. The van der Waals surface area contributed by atoms with E-state index in [0.717, 1.165) is 0 Å². The molecule has 0 aliphatic carbocycles. The Labute approximate surface area is 105 Å². The maximum Gasteiger partial charge on any atom is 0.407 e. The molecule has 0 spiro atoms. The van der Waals surface area contributed by atoms with Crippen LogP contribution in [0.2, 0.25) is 0 Å². The topological polar surface area (TPSA) is 88.5 Å². The number of carboxylic acid groups (broad SMARTS) is 1. The van der Waals surface area contributed by atoms with Gasteiger partial charge in [-0.3, -0.25) is 4.98 Å². The first-order valence-electron chi connectivity index (χ1n) is 5.42. The van der Waals surface area contributed by atoms with Crippen LogP contribution in [0.1, 0.15) is 36.7 Å². The molecule has 0 aliphatic heterocycles. The molecular weight excluding hydrogens is 236 g/mol. The number of nitrogens with one attached hydrogen (secondary N) is 1. The van der Waals surface area contributed by atoms with Gasteiger partial charge in [-0.1, -0.05) is 0 Å². The van der Waals surface area contributed by atoms with Gasteiger partial charge >= 0.3 is 12.1 Å². The van der Waals surface area contributed by atoms with E-state index in [9.17, 15) is 9.59 Å². The van der Waals surface area contributed by atoms with Crippen molar-refractivity contribution in [2.75, 3.05) is 0 Å². The van der Waals surface area contributed by atoms with Gasteiger partial charge in [-0.15, -0.1) is 0 Å². The van der Waals surface area contributed by atoms with Gasteiger partial charge in [0.25, 0.3) is 0 Å². The molecule has 1 rings (SSSR count). The van der Waals surface area contributed by atoms with Crippen molar-refractivity contribution in [3.05, 3.63) is 29.6 Å². The first-order valence-corrected chi connectivity index (χ1v) is 5.42. The second kappa shape index (κ2) is 5.48. The molecule has 1 aromatic rings. The molecule has 0 aliphatic rings. The van der Waals surface area contributed by atoms with Crippen molar-refractivity contribution in [2.24, 2.45) is 0 Å². The summed E-state index contributed by atoms with van der Waals surface area (Å²) in [7, 11) is 0. The summed E-state index contributed by atoms with van der Waals surface area (Å²) in [4.78, 5) is 26.1. The van der Waals surface area contributed by atoms with Gasteiger partial charge in [-0.05, 0) is 32.4 Å². The van der Waals surface area contributed by atoms with Gasteiger partial charge in [0.15, 0.2) is 0 Å². The fourth-order valence-electron chi connectivity index (χ4n) is 1.25. The van der Waals surface area contributed by atoms with Crippen molar-refractivity contribution < 1.29 is 19.4 Å². The van der Waals surface area contributed by atoms with Crippen LogP contribution in [0.4, 0.5) is 4.79 Å². The summed E-state index contributed by atoms with van der Waals surface area (Å²) in [5, 5.41) is 11.4. The summed E-state index contributed by atoms with van der Waals surface area (Å²) in [6.07, 6.45) is 2.13. The number of nitrogens with zero attached hydrogens (tertiary/aromatic N) is 1. The highest BCUT2D eigenvalue weighted by Gasteiger charge is 2.16. The second-order valence-corrected chi connectivity index (χ2v) is 4.69. The molecule has 0 atom stereocenters. The van der Waals surface area contributed by atoms with Crippen molar-refractivity contribution >= 4 is 12.1 Å². The van der Waals surface area contributed by atoms with Crippen LogP contribution in [0, 0.1) is 0 Å². The third-order valence-corrected chi connectivity index (χ3v) is 1.96. The molecule has 1 heterocycles. The summed E-state index contributed by atoms with van der Waals surface area (Å²) in [5.41, 5.74) is -0.0465. The summed E-state index contributed by atoms with van der Waals surface area (Å²) in [6, 6.07) is 1.54. The number of aromatic nitrogens is 1. The highest BCUT2D eigenvalue weighted by atomic mass is 16.6. The van der Waals surface area contributed by atoms with Gasteiger partial charge in [0.05, 0.1) is 5.56 Å². The van der Waals surface area contributed by atoms with Gasteiger partial charge in [-0.2, -0.15) is 0 Å². The zero-order valence-electron chi connectivity index (χ0n) is 10.6. The highest BCUT2D eigenvalue weighted by molar-refractivity contribution is 5.89. The molecule has 6 nitrogen and oxygen atoms in total. The Morgan fingerprint density at radius 3 is 2.67 bits per heavy atom. The Balaban J connectivity index is 2.64. The lowest BCUT2D eigenvalue weighted by Crippen LogP contribution is -2.32. The fraction of sp³-hybridized carbons (Fsp3) is 0.417. The maximum atomic E-state index is 11.4. The third kappa shape index (κ3) is 4.40. The first kappa shape index (κ1) is 14.0. The molecule has 2 N–H and O–H groups in total. The fourth-order valence-corrected chi connectivity index (χ4v) is 1.25. The molecule has 0 saturated carbocycles. The van der Waals surface area contributed by atoms with Crippen LogP contribution >= 0.6 is 0 Å². The average molecular weight is 252 g/mol. The van der Waals surface area contributed by atoms with Crippen molar-refractivity contribution in [1.29, 1.82) is 0 Å². The summed E-state index contributed by atoms with van der Waals surface area (Å²) >= 11 is 0. The SMILES string of the molecule is CC(C)(C)OC(=O)NCc1ccncc1C(=O)O. The van der Waals surface area contributed by atoms with E-state index in [4.69, 9.17) is 9.84 Å². The summed E-state index contributed by atoms with van der Waals surface area (Å²) in [5.74, 6) is -1.08. The van der Waals surface area contributed by atoms with Gasteiger partial charge in [0.2, 0.25) is 0 Å². The number of hydrogen-bond acceptors (Lipinski definition) is 4. The number of carbonyl (C=O) groups is 2. The van der Waals surface area contributed by atoms with Crippen molar-refractivity contribution in [3.63, 3.8) is 0 Å². The van der Waals surface area contributed by atoms with Gasteiger partial charge in [0.1, 0.15) is 5.60 Å². The lowest BCUT2D eigenvalue weighted by Gasteiger charge is -2.19. The van der Waals surface area contributed by atoms with Crippen LogP contribution in [0.15, 0.2) is 18.5 Å². The third-order valence-electron chi connectivity index (χ3n) is 1.96. The van der Waals surface area contributed by atoms with E-state index < -0.39 is 17.7 Å². The van der Waals surface area contributed by atoms with Crippen molar-refractivity contribution in [1.82, 2.24) is 10.3 Å². The number of carbonyl (C=O) groups excluding carboxylic acids is 1. The summed E-state index contributed by atoms with van der Waals surface area (Å²) < 4.78 is 5.05. The van der Waals surface area contributed by atoms with Gasteiger partial charge in [-0.25, -0.2) is 9.59 Å². The van der Waals surface area contributed by atoms with E-state index in [1.165, 1.54) is 12.4 Å². The normalized spacial score (nSPS) is 10.8. The van der Waals surface area contributed by atoms with Crippen LogP contribution in [0.3, 0.4) is 0 Å². The minimum atomic E-state index is -1.08. The Kier molecular flexibility index (Phi) is 4.25. The number of ether oxygens (including phenoxy) is 1. The van der Waals surface area contributed by atoms with Crippen LogP contribution in [-0.4, -0.2) is 27.8 Å². The van der Waals surface area contributed by atoms with Gasteiger partial charge < -0.3 is 15.2 Å². The Hall–Kier alpha value is -2.11. The van der Waals surface area contributed by atoms with Crippen LogP contribution in [0.25, 0.3) is 0 Å². The first-order chi connectivity index (χ1) is 8.29. The lowest BCUT2D eigenvalue weighted by molar-refractivity contribution is 0.0521. The molecule has 1 aromatic heterocycles. The molecule has 18 heavy (non-hydrogen) atoms. The standard InChI is InChI=1S/C12H16N2O4/c1-12(2,3)18-11(17)14-6-8-4-5-13-7-9(8)10(15)16/h4-5,7H,6H2,1-3H3,(H,14,17)(H,15,16). The molecule has 0 aromatic carbocycles. The largest absolute Gasteiger partial charge is 0.478 e. The van der Waals surface area contributed by atoms with E-state index in [1.54, 1.807) is 26.8 Å². The molecule has 0 radical (unpaired) electrons. The molecule has 0 fully saturated rings. The maximum absolute atomic E-state index is 11.4. The zero-order valence-corrected chi connectivity index (χ0v) is 10.6. The number of amides is 1. The lowest BCUT2D eigenvalue weighted by atomic mass is 10.1. The number of aromatic carboxylic acids is 1. The minimum Gasteiger partial charge on any atom is -0.478 e. The predicted octanol–water partition coefficient (Wildman–Crippen LogP) is 1.80. The molecule has 0 unspecified atom stereocenters. The van der Waals surface area contributed by atoms with E-state index in [1.807, 2.05) is 0 Å². The van der Waals surface area contributed by atoms with Crippen LogP contribution < -0.4 is 5.32 Å². The number of carboxylic acids is 1. The molecule has 6 heteroatoms. The zero-order chi connectivity index (χ0) is 13.8. The van der Waals surface area contributed by atoms with E-state index in [-0.39, 0.29) is 12.1 Å². The van der Waals surface area contributed by atoms with Crippen LogP contribution in [0.5, 0.6) is 0 Å². The van der Waals surface area contributed by atoms with E-state index in [0.29, 0.717) is 5.56 Å². The van der Waals surface area contributed by atoms with E-state index >= 15 is 0 Å².